The van der Waals surface area contributed by atoms with E-state index in [4.69, 9.17) is 15.0 Å². The third-order valence-corrected chi connectivity index (χ3v) is 0. The summed E-state index contributed by atoms with van der Waals surface area (Å²) in [4.78, 5) is 8.56. The van der Waals surface area contributed by atoms with Crippen LogP contribution in [-0.2, 0) is 0 Å². The molecule has 0 rings (SSSR count). The molecule has 0 bridgehead atoms. The number of carbonyl (C=O) groups is 1. The van der Waals surface area contributed by atoms with Gasteiger partial charge in [-0.2, -0.15) is 0 Å². The maximum absolute atomic E-state index is 8.56. The molecule has 0 aliphatic rings. The van der Waals surface area contributed by atoms with Crippen molar-refractivity contribution in [1.29, 1.82) is 0 Å². The van der Waals surface area contributed by atoms with E-state index in [1.54, 1.807) is 0 Å². The summed E-state index contributed by atoms with van der Waals surface area (Å²) in [5.41, 5.74) is 0. The molecule has 0 aromatic heterocycles. The molecule has 0 spiro atoms. The number of hydrogen-bond acceptors (Lipinski definition) is 1. The fourth-order valence-electron chi connectivity index (χ4n) is 0. The fourth-order valence-corrected chi connectivity index (χ4v) is 0. The van der Waals surface area contributed by atoms with Crippen LogP contribution in [0.2, 0.25) is 0 Å². The molecule has 0 amide bonds. The second-order valence-corrected chi connectivity index (χ2v) is 0.283. The van der Waals surface area contributed by atoms with E-state index >= 15 is 0 Å². The quantitative estimate of drug-likeness (QED) is 0.387. The van der Waals surface area contributed by atoms with Crippen molar-refractivity contribution in [3.63, 3.8) is 0 Å². The number of rotatable bonds is 0. The van der Waals surface area contributed by atoms with Crippen molar-refractivity contribution in [3.8, 4) is 0 Å². The second-order valence-electron chi connectivity index (χ2n) is 0.283. The van der Waals surface area contributed by atoms with E-state index in [0.29, 0.717) is 0 Å². The van der Waals surface area contributed by atoms with E-state index < -0.39 is 6.16 Å². The van der Waals surface area contributed by atoms with Crippen LogP contribution >= 0.6 is 0 Å². The average molecular weight is 236 g/mol. The summed E-state index contributed by atoms with van der Waals surface area (Å²) in [6.07, 6.45) is -1.83. The Hall–Kier alpha value is 0.990. The first kappa shape index (κ1) is 148. The first-order valence-electron chi connectivity index (χ1n) is 0.651. The van der Waals surface area contributed by atoms with E-state index in [-0.39, 0.29) is 97.4 Å². The molecule has 0 aromatic carbocycles. The Balaban J connectivity index is -0.00000000125. The summed E-state index contributed by atoms with van der Waals surface area (Å²) < 4.78 is 0. The topological polar surface area (TPSA) is 278 Å². The van der Waals surface area contributed by atoms with Crippen LogP contribution in [0.3, 0.4) is 0 Å². The van der Waals surface area contributed by atoms with Gasteiger partial charge in [0.2, 0.25) is 0 Å². The van der Waals surface area contributed by atoms with Crippen molar-refractivity contribution in [2.75, 3.05) is 0 Å². The van der Waals surface area contributed by atoms with E-state index in [1.807, 2.05) is 0 Å². The van der Waals surface area contributed by atoms with Gasteiger partial charge < -0.3 is 48.5 Å². The van der Waals surface area contributed by atoms with Gasteiger partial charge in [-0.1, -0.05) is 0 Å². The van der Waals surface area contributed by atoms with Crippen molar-refractivity contribution in [2.45, 2.75) is 0 Å². The van der Waals surface area contributed by atoms with E-state index in [2.05, 4.69) is 0 Å². The standard InChI is InChI=1S/CH2O3.2Na.7H2O.2H/c2-1(3)4;;;;;;;;;;;/h(H2,2,3,4);;;7*1H2;;. The van der Waals surface area contributed by atoms with Crippen molar-refractivity contribution in [2.24, 2.45) is 0 Å². The molecule has 0 aliphatic carbocycles. The Labute approximate surface area is 118 Å². The first-order valence-corrected chi connectivity index (χ1v) is 0.651. The Morgan fingerprint density at radius 1 is 0.615 bits per heavy atom. The molecule has 0 heterocycles. The summed E-state index contributed by atoms with van der Waals surface area (Å²) in [6.45, 7) is 0. The first-order chi connectivity index (χ1) is 1.73. The number of carboxylic acid groups (broad SMARTS) is 2. The Morgan fingerprint density at radius 2 is 0.615 bits per heavy atom. The van der Waals surface area contributed by atoms with Gasteiger partial charge in [0.15, 0.2) is 0 Å². The van der Waals surface area contributed by atoms with Gasteiger partial charge in [0, 0.05) is 0 Å². The van der Waals surface area contributed by atoms with E-state index in [1.165, 1.54) is 0 Å². The third-order valence-electron chi connectivity index (χ3n) is 0. The molecule has 16 N–H and O–H groups in total. The van der Waals surface area contributed by atoms with Crippen LogP contribution in [0.1, 0.15) is 0 Å². The third kappa shape index (κ3) is 1600. The van der Waals surface area contributed by atoms with Crippen molar-refractivity contribution < 1.29 is 53.3 Å². The molecular formula is CH18Na2O10. The van der Waals surface area contributed by atoms with Gasteiger partial charge in [0.05, 0.1) is 0 Å². The SMILES string of the molecule is O.O.O.O.O.O.O.O=C(O)O.[NaH].[NaH]. The molecule has 0 saturated heterocycles. The van der Waals surface area contributed by atoms with Gasteiger partial charge in [0.1, 0.15) is 0 Å². The number of hydrogen-bond donors (Lipinski definition) is 2. The van der Waals surface area contributed by atoms with Gasteiger partial charge in [-0.15, -0.1) is 0 Å². The van der Waals surface area contributed by atoms with Gasteiger partial charge in [-0.05, 0) is 0 Å². The van der Waals surface area contributed by atoms with Crippen LogP contribution in [0, 0.1) is 0 Å². The molecule has 0 fully saturated rings. The van der Waals surface area contributed by atoms with Gasteiger partial charge in [-0.3, -0.25) is 0 Å². The Kier molecular flexibility index (Phi) is 1340. The van der Waals surface area contributed by atoms with Crippen molar-refractivity contribution in [1.82, 2.24) is 0 Å². The van der Waals surface area contributed by atoms with Gasteiger partial charge in [-0.25, -0.2) is 4.79 Å². The van der Waals surface area contributed by atoms with Crippen LogP contribution in [0.5, 0.6) is 0 Å². The normalized spacial score (nSPS) is 1.85. The molecule has 0 atom stereocenters. The Morgan fingerprint density at radius 3 is 0.615 bits per heavy atom. The molecule has 13 heavy (non-hydrogen) atoms. The maximum atomic E-state index is 8.56. The van der Waals surface area contributed by atoms with E-state index in [0.717, 1.165) is 0 Å². The predicted octanol–water partition coefficient (Wildman–Crippen LogP) is -6.85. The molecule has 10 nitrogen and oxygen atoms in total. The van der Waals surface area contributed by atoms with Crippen LogP contribution in [-0.4, -0.2) is 114 Å². The summed E-state index contributed by atoms with van der Waals surface area (Å²) in [5, 5.41) is 13.9. The summed E-state index contributed by atoms with van der Waals surface area (Å²) in [6, 6.07) is 0. The van der Waals surface area contributed by atoms with Crippen molar-refractivity contribution in [3.05, 3.63) is 0 Å². The zero-order chi connectivity index (χ0) is 3.58. The van der Waals surface area contributed by atoms with Crippen LogP contribution in [0.25, 0.3) is 0 Å². The van der Waals surface area contributed by atoms with E-state index in [9.17, 15) is 0 Å². The monoisotopic (exact) mass is 236 g/mol. The molecule has 84 valence electrons. The molecule has 0 unspecified atom stereocenters. The molecular weight excluding hydrogens is 218 g/mol. The molecule has 12 heteroatoms. The van der Waals surface area contributed by atoms with Gasteiger partial charge >= 0.3 is 65.3 Å². The van der Waals surface area contributed by atoms with Crippen LogP contribution in [0.15, 0.2) is 0 Å². The summed E-state index contributed by atoms with van der Waals surface area (Å²) >= 11 is 0. The minimum absolute atomic E-state index is 0. The van der Waals surface area contributed by atoms with Crippen molar-refractivity contribution >= 4 is 65.3 Å². The molecule has 0 radical (unpaired) electrons. The zero-order valence-electron chi connectivity index (χ0n) is 5.30. The predicted molar refractivity (Wildman–Crippen MR) is 50.2 cm³/mol. The average Bonchev–Trinajstić information content (AvgIpc) is 0.811. The second kappa shape index (κ2) is 117. The molecule has 0 aromatic rings. The van der Waals surface area contributed by atoms with Crippen LogP contribution in [0.4, 0.5) is 4.79 Å². The Bertz CT molecular complexity index is 35.9. The fraction of sp³-hybridized carbons (Fsp3) is 0. The van der Waals surface area contributed by atoms with Gasteiger partial charge in [0.25, 0.3) is 0 Å². The summed E-state index contributed by atoms with van der Waals surface area (Å²) in [5.74, 6) is 0. The zero-order valence-corrected chi connectivity index (χ0v) is 5.30. The minimum atomic E-state index is -1.83. The molecule has 0 aliphatic heterocycles. The molecule has 0 saturated carbocycles. The van der Waals surface area contributed by atoms with Crippen LogP contribution < -0.4 is 0 Å². The summed E-state index contributed by atoms with van der Waals surface area (Å²) in [7, 11) is 0.